The topological polar surface area (TPSA) is 123 Å². The number of carbonyl (C=O) groups excluding carboxylic acids is 4. The Morgan fingerprint density at radius 3 is 2.35 bits per heavy atom. The normalized spacial score (nSPS) is 13.7. The molecule has 0 fully saturated rings. The van der Waals surface area contributed by atoms with E-state index in [0.717, 1.165) is 4.90 Å². The molecule has 0 spiro atoms. The summed E-state index contributed by atoms with van der Waals surface area (Å²) >= 11 is 6.05. The Morgan fingerprint density at radius 2 is 1.76 bits per heavy atom. The highest BCUT2D eigenvalue weighted by Crippen LogP contribution is 2.28. The molecular formula is C23H20ClN5O5. The molecule has 1 atom stereocenters. The first-order valence-electron chi connectivity index (χ1n) is 10.4. The summed E-state index contributed by atoms with van der Waals surface area (Å²) in [5, 5.41) is 7.04. The minimum Gasteiger partial charge on any atom is -0.454 e. The minimum atomic E-state index is -1.18. The van der Waals surface area contributed by atoms with E-state index in [1.54, 1.807) is 38.1 Å². The zero-order valence-corrected chi connectivity index (χ0v) is 19.0. The van der Waals surface area contributed by atoms with E-state index < -0.39 is 42.3 Å². The van der Waals surface area contributed by atoms with Crippen LogP contribution in [0.2, 0.25) is 5.02 Å². The lowest BCUT2D eigenvalue weighted by molar-refractivity contribution is -0.152. The molecule has 11 heteroatoms. The molecule has 1 aromatic heterocycles. The monoisotopic (exact) mass is 481 g/mol. The van der Waals surface area contributed by atoms with Crippen LogP contribution in [-0.4, -0.2) is 56.0 Å². The van der Waals surface area contributed by atoms with Crippen LogP contribution in [-0.2, 0) is 14.3 Å². The number of rotatable bonds is 7. The molecule has 2 heterocycles. The van der Waals surface area contributed by atoms with Crippen molar-refractivity contribution >= 4 is 41.0 Å². The number of hydrogen-bond donors (Lipinski definition) is 1. The van der Waals surface area contributed by atoms with Crippen molar-refractivity contribution in [2.75, 3.05) is 11.9 Å². The number of esters is 1. The van der Waals surface area contributed by atoms with Gasteiger partial charge in [-0.05, 0) is 36.2 Å². The summed E-state index contributed by atoms with van der Waals surface area (Å²) in [4.78, 5) is 55.8. The van der Waals surface area contributed by atoms with Crippen molar-refractivity contribution in [1.29, 1.82) is 0 Å². The third-order valence-corrected chi connectivity index (χ3v) is 5.46. The largest absolute Gasteiger partial charge is 0.454 e. The van der Waals surface area contributed by atoms with Crippen LogP contribution in [0, 0.1) is 5.92 Å². The van der Waals surface area contributed by atoms with E-state index in [2.05, 4.69) is 15.4 Å². The molecule has 3 amide bonds. The highest BCUT2D eigenvalue weighted by Gasteiger charge is 2.44. The van der Waals surface area contributed by atoms with E-state index in [9.17, 15) is 19.2 Å². The SMILES string of the molecule is CC(C)C(C(=O)OCC(=O)Nc1cc(Cl)ccc1-n1cncn1)N1C(=O)c2ccccc2C1=O. The van der Waals surface area contributed by atoms with Crippen LogP contribution in [0.15, 0.2) is 55.1 Å². The fourth-order valence-corrected chi connectivity index (χ4v) is 3.86. The number of imide groups is 1. The van der Waals surface area contributed by atoms with Crippen LogP contribution < -0.4 is 5.32 Å². The van der Waals surface area contributed by atoms with Gasteiger partial charge in [0.25, 0.3) is 17.7 Å². The van der Waals surface area contributed by atoms with Crippen LogP contribution in [0.25, 0.3) is 5.69 Å². The number of ether oxygens (including phenoxy) is 1. The Morgan fingerprint density at radius 1 is 1.09 bits per heavy atom. The maximum absolute atomic E-state index is 12.9. The predicted octanol–water partition coefficient (Wildman–Crippen LogP) is 2.72. The number of hydrogen-bond acceptors (Lipinski definition) is 7. The van der Waals surface area contributed by atoms with E-state index in [1.165, 1.54) is 35.5 Å². The van der Waals surface area contributed by atoms with Crippen LogP contribution in [0.3, 0.4) is 0 Å². The summed E-state index contributed by atoms with van der Waals surface area (Å²) in [6.07, 6.45) is 2.79. The number of nitrogens with one attached hydrogen (secondary N) is 1. The van der Waals surface area contributed by atoms with Gasteiger partial charge in [0, 0.05) is 5.02 Å². The Labute approximate surface area is 199 Å². The van der Waals surface area contributed by atoms with Gasteiger partial charge in [0.15, 0.2) is 6.61 Å². The fourth-order valence-electron chi connectivity index (χ4n) is 3.69. The number of amides is 3. The maximum Gasteiger partial charge on any atom is 0.330 e. The lowest BCUT2D eigenvalue weighted by Gasteiger charge is -2.27. The third kappa shape index (κ3) is 4.40. The van der Waals surface area contributed by atoms with Crippen molar-refractivity contribution in [2.24, 2.45) is 5.92 Å². The summed E-state index contributed by atoms with van der Waals surface area (Å²) in [6, 6.07) is 9.96. The second-order valence-corrected chi connectivity index (χ2v) is 8.31. The highest BCUT2D eigenvalue weighted by atomic mass is 35.5. The van der Waals surface area contributed by atoms with Gasteiger partial charge in [-0.1, -0.05) is 37.6 Å². The van der Waals surface area contributed by atoms with Crippen molar-refractivity contribution in [3.8, 4) is 5.69 Å². The molecule has 0 bridgehead atoms. The van der Waals surface area contributed by atoms with E-state index in [0.29, 0.717) is 16.4 Å². The maximum atomic E-state index is 12.9. The van der Waals surface area contributed by atoms with Gasteiger partial charge in [-0.3, -0.25) is 19.3 Å². The molecular weight excluding hydrogens is 462 g/mol. The average Bonchev–Trinajstić information content (AvgIpc) is 3.42. The Balaban J connectivity index is 1.46. The van der Waals surface area contributed by atoms with E-state index in [-0.39, 0.29) is 11.1 Å². The molecule has 1 aliphatic heterocycles. The quantitative estimate of drug-likeness (QED) is 0.406. The Kier molecular flexibility index (Phi) is 6.42. The molecule has 34 heavy (non-hydrogen) atoms. The minimum absolute atomic E-state index is 0.227. The predicted molar refractivity (Wildman–Crippen MR) is 122 cm³/mol. The molecule has 0 saturated heterocycles. The Hall–Kier alpha value is -4.05. The number of carbonyl (C=O) groups is 4. The van der Waals surface area contributed by atoms with Gasteiger partial charge in [0.1, 0.15) is 18.7 Å². The number of anilines is 1. The van der Waals surface area contributed by atoms with Gasteiger partial charge in [0.2, 0.25) is 0 Å². The summed E-state index contributed by atoms with van der Waals surface area (Å²) < 4.78 is 6.64. The van der Waals surface area contributed by atoms with Crippen LogP contribution in [0.5, 0.6) is 0 Å². The summed E-state index contributed by atoms with van der Waals surface area (Å²) in [5.74, 6) is -3.08. The fraction of sp³-hybridized carbons (Fsp3) is 0.217. The molecule has 3 aromatic rings. The first kappa shape index (κ1) is 23.1. The smallest absolute Gasteiger partial charge is 0.330 e. The first-order chi connectivity index (χ1) is 16.3. The van der Waals surface area contributed by atoms with Crippen molar-refractivity contribution < 1.29 is 23.9 Å². The number of aromatic nitrogens is 3. The van der Waals surface area contributed by atoms with Crippen molar-refractivity contribution in [3.63, 3.8) is 0 Å². The van der Waals surface area contributed by atoms with E-state index in [1.807, 2.05) is 0 Å². The van der Waals surface area contributed by atoms with E-state index >= 15 is 0 Å². The van der Waals surface area contributed by atoms with Crippen molar-refractivity contribution in [2.45, 2.75) is 19.9 Å². The molecule has 1 unspecified atom stereocenters. The van der Waals surface area contributed by atoms with Crippen LogP contribution in [0.4, 0.5) is 5.69 Å². The molecule has 0 saturated carbocycles. The summed E-state index contributed by atoms with van der Waals surface area (Å²) in [5.41, 5.74) is 1.29. The van der Waals surface area contributed by atoms with Gasteiger partial charge in [-0.15, -0.1) is 0 Å². The van der Waals surface area contributed by atoms with Crippen molar-refractivity contribution in [3.05, 3.63) is 71.3 Å². The number of benzene rings is 2. The second kappa shape index (κ2) is 9.44. The molecule has 4 rings (SSSR count). The van der Waals surface area contributed by atoms with E-state index in [4.69, 9.17) is 16.3 Å². The molecule has 10 nitrogen and oxygen atoms in total. The second-order valence-electron chi connectivity index (χ2n) is 7.87. The lowest BCUT2D eigenvalue weighted by Crippen LogP contribution is -2.49. The Bertz CT molecular complexity index is 1240. The molecule has 1 N–H and O–H groups in total. The average molecular weight is 482 g/mol. The zero-order chi connectivity index (χ0) is 24.4. The van der Waals surface area contributed by atoms with Crippen LogP contribution >= 0.6 is 11.6 Å². The number of fused-ring (bicyclic) bond motifs is 1. The van der Waals surface area contributed by atoms with Crippen LogP contribution in [0.1, 0.15) is 34.6 Å². The molecule has 1 aliphatic rings. The highest BCUT2D eigenvalue weighted by molar-refractivity contribution is 6.31. The van der Waals surface area contributed by atoms with Gasteiger partial charge in [-0.2, -0.15) is 5.10 Å². The molecule has 0 radical (unpaired) electrons. The zero-order valence-electron chi connectivity index (χ0n) is 18.3. The lowest BCUT2D eigenvalue weighted by atomic mass is 10.0. The molecule has 174 valence electrons. The third-order valence-electron chi connectivity index (χ3n) is 5.22. The standard InChI is InChI=1S/C23H20ClN5O5/c1-13(2)20(29-21(31)15-5-3-4-6-16(15)22(29)32)23(33)34-10-19(30)27-17-9-14(24)7-8-18(17)28-12-25-11-26-28/h3-9,11-13,20H,10H2,1-2H3,(H,27,30). The summed E-state index contributed by atoms with van der Waals surface area (Å²) in [7, 11) is 0. The first-order valence-corrected chi connectivity index (χ1v) is 10.7. The van der Waals surface area contributed by atoms with Gasteiger partial charge in [0.05, 0.1) is 22.5 Å². The van der Waals surface area contributed by atoms with Gasteiger partial charge < -0.3 is 10.1 Å². The molecule has 0 aliphatic carbocycles. The number of halogens is 1. The van der Waals surface area contributed by atoms with Crippen molar-refractivity contribution in [1.82, 2.24) is 19.7 Å². The van der Waals surface area contributed by atoms with Gasteiger partial charge in [-0.25, -0.2) is 14.5 Å². The molecule has 2 aromatic carbocycles. The summed E-state index contributed by atoms with van der Waals surface area (Å²) in [6.45, 7) is 2.74. The van der Waals surface area contributed by atoms with Gasteiger partial charge >= 0.3 is 5.97 Å². The number of nitrogens with zero attached hydrogens (tertiary/aromatic N) is 4.